The maximum atomic E-state index is 12.5. The molecule has 1 aliphatic rings. The van der Waals surface area contributed by atoms with Crippen molar-refractivity contribution in [3.05, 3.63) is 23.8 Å². The summed E-state index contributed by atoms with van der Waals surface area (Å²) in [7, 11) is 0.757. The average Bonchev–Trinajstić information content (AvgIpc) is 2.72. The quantitative estimate of drug-likeness (QED) is 0.622. The van der Waals surface area contributed by atoms with Crippen molar-refractivity contribution in [1.82, 2.24) is 9.62 Å². The topological polar surface area (TPSA) is 111 Å². The van der Waals surface area contributed by atoms with E-state index < -0.39 is 15.9 Å². The molecule has 0 bridgehead atoms. The van der Waals surface area contributed by atoms with Gasteiger partial charge in [0.15, 0.2) is 0 Å². The zero-order valence-corrected chi connectivity index (χ0v) is 17.1. The summed E-state index contributed by atoms with van der Waals surface area (Å²) in [6.45, 7) is 0.504. The third-order valence-corrected chi connectivity index (χ3v) is 6.51. The molecule has 1 N–H and O–H groups in total. The van der Waals surface area contributed by atoms with E-state index in [-0.39, 0.29) is 37.3 Å². The third kappa shape index (κ3) is 5.59. The van der Waals surface area contributed by atoms with Crippen molar-refractivity contribution in [2.45, 2.75) is 12.8 Å². The lowest BCUT2D eigenvalue weighted by Crippen LogP contribution is -2.43. The fraction of sp³-hybridized carbons (Fsp3) is 0.556. The number of benzene rings is 1. The number of esters is 1. The number of piperidine rings is 1. The van der Waals surface area contributed by atoms with Gasteiger partial charge in [0.2, 0.25) is 10.0 Å². The van der Waals surface area contributed by atoms with Gasteiger partial charge in [-0.25, -0.2) is 12.7 Å². The van der Waals surface area contributed by atoms with Gasteiger partial charge < -0.3 is 19.5 Å². The van der Waals surface area contributed by atoms with Crippen molar-refractivity contribution in [3.8, 4) is 11.5 Å². The summed E-state index contributed by atoms with van der Waals surface area (Å²) in [5, 5.41) is 2.60. The Morgan fingerprint density at radius 2 is 1.64 bits per heavy atom. The van der Waals surface area contributed by atoms with Gasteiger partial charge >= 0.3 is 5.97 Å². The lowest BCUT2D eigenvalue weighted by atomic mass is 9.99. The van der Waals surface area contributed by atoms with Crippen LogP contribution in [0.1, 0.15) is 23.2 Å². The van der Waals surface area contributed by atoms with E-state index in [0.29, 0.717) is 29.9 Å². The highest BCUT2D eigenvalue weighted by atomic mass is 32.2. The van der Waals surface area contributed by atoms with Crippen LogP contribution in [0.4, 0.5) is 0 Å². The second-order valence-electron chi connectivity index (χ2n) is 6.37. The largest absolute Gasteiger partial charge is 0.497 e. The minimum atomic E-state index is -3.53. The first-order valence-corrected chi connectivity index (χ1v) is 10.5. The summed E-state index contributed by atoms with van der Waals surface area (Å²) in [5.41, 5.74) is 0.312. The molecular weight excluding hydrogens is 388 g/mol. The number of sulfonamides is 1. The van der Waals surface area contributed by atoms with Crippen LogP contribution in [0.5, 0.6) is 11.5 Å². The number of rotatable bonds is 8. The molecule has 1 aliphatic heterocycles. The minimum Gasteiger partial charge on any atom is -0.497 e. The molecule has 10 heteroatoms. The monoisotopic (exact) mass is 414 g/mol. The molecule has 0 spiro atoms. The maximum Gasteiger partial charge on any atom is 0.308 e. The molecule has 1 aromatic carbocycles. The molecule has 156 valence electrons. The molecule has 9 nitrogen and oxygen atoms in total. The zero-order valence-electron chi connectivity index (χ0n) is 16.3. The first kappa shape index (κ1) is 22.0. The van der Waals surface area contributed by atoms with Gasteiger partial charge in [0.1, 0.15) is 11.5 Å². The van der Waals surface area contributed by atoms with E-state index >= 15 is 0 Å². The second-order valence-corrected chi connectivity index (χ2v) is 8.46. The van der Waals surface area contributed by atoms with Crippen LogP contribution < -0.4 is 14.8 Å². The Hall–Kier alpha value is -2.33. The summed E-state index contributed by atoms with van der Waals surface area (Å²) in [6, 6.07) is 4.73. The highest BCUT2D eigenvalue weighted by Crippen LogP contribution is 2.23. The SMILES string of the molecule is COC(=O)C1CCN(S(=O)(=O)CCNC(=O)c2cc(OC)cc(OC)c2)CC1. The first-order chi connectivity index (χ1) is 13.3. The van der Waals surface area contributed by atoms with Gasteiger partial charge in [0.25, 0.3) is 5.91 Å². The summed E-state index contributed by atoms with van der Waals surface area (Å²) in [4.78, 5) is 23.9. The van der Waals surface area contributed by atoms with Gasteiger partial charge in [-0.15, -0.1) is 0 Å². The van der Waals surface area contributed by atoms with Gasteiger partial charge in [-0.1, -0.05) is 0 Å². The predicted octanol–water partition coefficient (Wildman–Crippen LogP) is 0.648. The van der Waals surface area contributed by atoms with Gasteiger partial charge in [0.05, 0.1) is 33.0 Å². The fourth-order valence-electron chi connectivity index (χ4n) is 3.00. The molecule has 0 radical (unpaired) electrons. The van der Waals surface area contributed by atoms with Crippen LogP contribution in [0.2, 0.25) is 0 Å². The molecule has 1 heterocycles. The van der Waals surface area contributed by atoms with Crippen LogP contribution in [-0.4, -0.2) is 71.3 Å². The maximum absolute atomic E-state index is 12.5. The predicted molar refractivity (Wildman–Crippen MR) is 102 cm³/mol. The van der Waals surface area contributed by atoms with E-state index in [9.17, 15) is 18.0 Å². The van der Waals surface area contributed by atoms with E-state index in [1.807, 2.05) is 0 Å². The number of methoxy groups -OCH3 is 3. The Balaban J connectivity index is 1.88. The Labute approximate surface area is 165 Å². The molecule has 28 heavy (non-hydrogen) atoms. The van der Waals surface area contributed by atoms with Crippen LogP contribution in [-0.2, 0) is 19.6 Å². The number of nitrogens with zero attached hydrogens (tertiary/aromatic N) is 1. The zero-order chi connectivity index (χ0) is 20.7. The van der Waals surface area contributed by atoms with Crippen LogP contribution in [0.3, 0.4) is 0 Å². The lowest BCUT2D eigenvalue weighted by Gasteiger charge is -2.29. The standard InChI is InChI=1S/C18H26N2O7S/c1-25-15-10-14(11-16(12-15)26-2)17(21)19-6-9-28(23,24)20-7-4-13(5-8-20)18(22)27-3/h10-13H,4-9H2,1-3H3,(H,19,21). The number of carbonyl (C=O) groups is 2. The number of amides is 1. The molecule has 1 fully saturated rings. The van der Waals surface area contributed by atoms with E-state index in [2.05, 4.69) is 5.32 Å². The smallest absolute Gasteiger partial charge is 0.308 e. The number of carbonyl (C=O) groups excluding carboxylic acids is 2. The van der Waals surface area contributed by atoms with E-state index in [1.54, 1.807) is 18.2 Å². The summed E-state index contributed by atoms with van der Waals surface area (Å²) < 4.78 is 41.2. The van der Waals surface area contributed by atoms with Crippen LogP contribution in [0.15, 0.2) is 18.2 Å². The van der Waals surface area contributed by atoms with Crippen LogP contribution in [0.25, 0.3) is 0 Å². The highest BCUT2D eigenvalue weighted by molar-refractivity contribution is 7.89. The van der Waals surface area contributed by atoms with Crippen LogP contribution >= 0.6 is 0 Å². The fourth-order valence-corrected chi connectivity index (χ4v) is 4.38. The third-order valence-electron chi connectivity index (χ3n) is 4.64. The molecule has 0 aliphatic carbocycles. The average molecular weight is 414 g/mol. The number of hydrogen-bond donors (Lipinski definition) is 1. The van der Waals surface area contributed by atoms with Gasteiger partial charge in [0, 0.05) is 31.3 Å². The Bertz CT molecular complexity index is 780. The molecule has 1 amide bonds. The van der Waals surface area contributed by atoms with E-state index in [0.717, 1.165) is 0 Å². The number of nitrogens with one attached hydrogen (secondary N) is 1. The molecule has 0 aromatic heterocycles. The number of ether oxygens (including phenoxy) is 3. The molecule has 1 saturated heterocycles. The summed E-state index contributed by atoms with van der Waals surface area (Å²) in [6.07, 6.45) is 0.865. The molecule has 2 rings (SSSR count). The van der Waals surface area contributed by atoms with Gasteiger partial charge in [-0.05, 0) is 25.0 Å². The van der Waals surface area contributed by atoms with Crippen LogP contribution in [0, 0.1) is 5.92 Å². The van der Waals surface area contributed by atoms with Crippen molar-refractivity contribution in [2.75, 3.05) is 46.7 Å². The van der Waals surface area contributed by atoms with Crippen molar-refractivity contribution >= 4 is 21.9 Å². The Morgan fingerprint density at radius 3 is 2.14 bits per heavy atom. The Morgan fingerprint density at radius 1 is 1.07 bits per heavy atom. The first-order valence-electron chi connectivity index (χ1n) is 8.87. The number of hydrogen-bond acceptors (Lipinski definition) is 7. The summed E-state index contributed by atoms with van der Waals surface area (Å²) in [5.74, 6) is -0.284. The van der Waals surface area contributed by atoms with E-state index in [1.165, 1.54) is 25.6 Å². The highest BCUT2D eigenvalue weighted by Gasteiger charge is 2.31. The van der Waals surface area contributed by atoms with Crippen molar-refractivity contribution in [2.24, 2.45) is 5.92 Å². The Kier molecular flexibility index (Phi) is 7.64. The van der Waals surface area contributed by atoms with Crippen molar-refractivity contribution in [1.29, 1.82) is 0 Å². The second kappa shape index (κ2) is 9.74. The summed E-state index contributed by atoms with van der Waals surface area (Å²) >= 11 is 0. The normalized spacial score (nSPS) is 15.7. The lowest BCUT2D eigenvalue weighted by molar-refractivity contribution is -0.146. The van der Waals surface area contributed by atoms with Crippen molar-refractivity contribution in [3.63, 3.8) is 0 Å². The molecule has 0 saturated carbocycles. The van der Waals surface area contributed by atoms with E-state index in [4.69, 9.17) is 14.2 Å². The van der Waals surface area contributed by atoms with Gasteiger partial charge in [-0.3, -0.25) is 9.59 Å². The molecule has 1 aromatic rings. The molecular formula is C18H26N2O7S. The van der Waals surface area contributed by atoms with Crippen molar-refractivity contribution < 1.29 is 32.2 Å². The molecule has 0 unspecified atom stereocenters. The molecule has 0 atom stereocenters. The van der Waals surface area contributed by atoms with Gasteiger partial charge in [-0.2, -0.15) is 0 Å². The minimum absolute atomic E-state index is 0.0301.